The van der Waals surface area contributed by atoms with Crippen LogP contribution in [-0.2, 0) is 5.41 Å². The van der Waals surface area contributed by atoms with Crippen LogP contribution in [-0.4, -0.2) is 34.9 Å². The predicted molar refractivity (Wildman–Crippen MR) is 75.2 cm³/mol. The van der Waals surface area contributed by atoms with Crippen molar-refractivity contribution in [1.82, 2.24) is 5.32 Å². The Morgan fingerprint density at radius 1 is 1.05 bits per heavy atom. The van der Waals surface area contributed by atoms with Crippen LogP contribution in [0.2, 0.25) is 0 Å². The minimum Gasteiger partial charge on any atom is -0.394 e. The fraction of sp³-hybridized carbons (Fsp3) is 0.533. The summed E-state index contributed by atoms with van der Waals surface area (Å²) in [6.07, 6.45) is 0. The first-order valence-corrected chi connectivity index (χ1v) is 6.37. The highest BCUT2D eigenvalue weighted by Crippen LogP contribution is 2.22. The van der Waals surface area contributed by atoms with Crippen LogP contribution in [0.4, 0.5) is 0 Å². The zero-order chi connectivity index (χ0) is 14.7. The van der Waals surface area contributed by atoms with E-state index in [4.69, 9.17) is 10.2 Å². The van der Waals surface area contributed by atoms with Gasteiger partial charge in [-0.1, -0.05) is 32.9 Å². The molecule has 0 aromatic heterocycles. The lowest BCUT2D eigenvalue weighted by molar-refractivity contribution is 0.0724. The maximum atomic E-state index is 12.0. The summed E-state index contributed by atoms with van der Waals surface area (Å²) in [6.45, 7) is 7.29. The molecule has 0 aliphatic rings. The van der Waals surface area contributed by atoms with Crippen molar-refractivity contribution in [3.8, 4) is 0 Å². The number of benzene rings is 1. The van der Waals surface area contributed by atoms with Gasteiger partial charge in [0, 0.05) is 5.56 Å². The van der Waals surface area contributed by atoms with Crippen molar-refractivity contribution in [1.29, 1.82) is 0 Å². The van der Waals surface area contributed by atoms with Crippen LogP contribution < -0.4 is 5.32 Å². The summed E-state index contributed by atoms with van der Waals surface area (Å²) in [5, 5.41) is 20.9. The van der Waals surface area contributed by atoms with E-state index in [-0.39, 0.29) is 24.5 Å². The molecule has 0 heterocycles. The van der Waals surface area contributed by atoms with E-state index < -0.39 is 5.54 Å². The van der Waals surface area contributed by atoms with Gasteiger partial charge in [0.25, 0.3) is 5.91 Å². The lowest BCUT2D eigenvalue weighted by atomic mass is 9.86. The van der Waals surface area contributed by atoms with Crippen LogP contribution in [0.5, 0.6) is 0 Å². The number of carbonyl (C=O) groups is 1. The number of rotatable bonds is 4. The topological polar surface area (TPSA) is 69.6 Å². The highest BCUT2D eigenvalue weighted by molar-refractivity contribution is 5.94. The molecular formula is C15H23NO3. The molecule has 0 unspecified atom stereocenters. The number of aliphatic hydroxyl groups is 2. The Hall–Kier alpha value is -1.39. The van der Waals surface area contributed by atoms with E-state index in [1.165, 1.54) is 0 Å². The third kappa shape index (κ3) is 4.04. The monoisotopic (exact) mass is 265 g/mol. The summed E-state index contributed by atoms with van der Waals surface area (Å²) >= 11 is 0. The van der Waals surface area contributed by atoms with Crippen molar-refractivity contribution in [2.75, 3.05) is 13.2 Å². The molecule has 4 heteroatoms. The van der Waals surface area contributed by atoms with Crippen LogP contribution in [0.15, 0.2) is 24.3 Å². The Morgan fingerprint density at radius 2 is 1.53 bits per heavy atom. The second-order valence-electron chi connectivity index (χ2n) is 6.16. The molecule has 0 aliphatic carbocycles. The van der Waals surface area contributed by atoms with Gasteiger partial charge in [0.05, 0.1) is 18.8 Å². The fourth-order valence-electron chi connectivity index (χ4n) is 1.60. The molecule has 4 nitrogen and oxygen atoms in total. The van der Waals surface area contributed by atoms with Gasteiger partial charge in [-0.05, 0) is 30.0 Å². The molecule has 19 heavy (non-hydrogen) atoms. The zero-order valence-electron chi connectivity index (χ0n) is 12.0. The third-order valence-electron chi connectivity index (χ3n) is 3.13. The normalized spacial score (nSPS) is 12.3. The van der Waals surface area contributed by atoms with Gasteiger partial charge < -0.3 is 15.5 Å². The maximum absolute atomic E-state index is 12.0. The van der Waals surface area contributed by atoms with Gasteiger partial charge in [-0.15, -0.1) is 0 Å². The van der Waals surface area contributed by atoms with E-state index in [0.29, 0.717) is 5.56 Å². The molecule has 1 rings (SSSR count). The molecule has 0 saturated carbocycles. The van der Waals surface area contributed by atoms with Gasteiger partial charge in [-0.25, -0.2) is 0 Å². The second kappa shape index (κ2) is 5.72. The number of carbonyl (C=O) groups excluding carboxylic acids is 1. The van der Waals surface area contributed by atoms with E-state index in [1.54, 1.807) is 19.1 Å². The first-order valence-electron chi connectivity index (χ1n) is 6.37. The first-order chi connectivity index (χ1) is 8.72. The molecule has 0 bridgehead atoms. The molecule has 1 aromatic carbocycles. The van der Waals surface area contributed by atoms with Crippen molar-refractivity contribution in [2.45, 2.75) is 38.6 Å². The van der Waals surface area contributed by atoms with Gasteiger partial charge in [0.1, 0.15) is 0 Å². The lowest BCUT2D eigenvalue weighted by Crippen LogP contribution is -2.51. The Morgan fingerprint density at radius 3 is 1.89 bits per heavy atom. The average Bonchev–Trinajstić information content (AvgIpc) is 2.37. The van der Waals surface area contributed by atoms with E-state index in [1.807, 2.05) is 12.1 Å². The summed E-state index contributed by atoms with van der Waals surface area (Å²) in [7, 11) is 0. The molecule has 0 radical (unpaired) electrons. The Kier molecular flexibility index (Phi) is 4.71. The minimum atomic E-state index is -1.00. The van der Waals surface area contributed by atoms with Crippen LogP contribution in [0.3, 0.4) is 0 Å². The van der Waals surface area contributed by atoms with Crippen molar-refractivity contribution < 1.29 is 15.0 Å². The average molecular weight is 265 g/mol. The summed E-state index contributed by atoms with van der Waals surface area (Å²) in [5.74, 6) is -0.300. The predicted octanol–water partition coefficient (Wildman–Crippen LogP) is 1.46. The quantitative estimate of drug-likeness (QED) is 0.772. The Balaban J connectivity index is 2.85. The Labute approximate surface area is 114 Å². The highest BCUT2D eigenvalue weighted by atomic mass is 16.3. The summed E-state index contributed by atoms with van der Waals surface area (Å²) in [5.41, 5.74) is 0.705. The lowest BCUT2D eigenvalue weighted by Gasteiger charge is -2.26. The number of aliphatic hydroxyl groups excluding tert-OH is 2. The van der Waals surface area contributed by atoms with Crippen LogP contribution in [0.1, 0.15) is 43.6 Å². The molecule has 106 valence electrons. The van der Waals surface area contributed by atoms with E-state index in [9.17, 15) is 4.79 Å². The molecule has 0 spiro atoms. The molecule has 3 N–H and O–H groups in total. The number of amides is 1. The Bertz CT molecular complexity index is 428. The third-order valence-corrected chi connectivity index (χ3v) is 3.13. The van der Waals surface area contributed by atoms with Gasteiger partial charge in [-0.3, -0.25) is 4.79 Å². The van der Waals surface area contributed by atoms with Crippen molar-refractivity contribution >= 4 is 5.91 Å². The van der Waals surface area contributed by atoms with E-state index in [0.717, 1.165) is 5.56 Å². The van der Waals surface area contributed by atoms with Gasteiger partial charge in [0.2, 0.25) is 0 Å². The smallest absolute Gasteiger partial charge is 0.251 e. The number of nitrogens with one attached hydrogen (secondary N) is 1. The SMILES string of the molecule is CC(CO)(CO)NC(=O)c1ccc(C(C)(C)C)cc1. The summed E-state index contributed by atoms with van der Waals surface area (Å²) in [4.78, 5) is 12.0. The maximum Gasteiger partial charge on any atom is 0.251 e. The van der Waals surface area contributed by atoms with Gasteiger partial charge >= 0.3 is 0 Å². The number of hydrogen-bond acceptors (Lipinski definition) is 3. The molecule has 0 saturated heterocycles. The second-order valence-corrected chi connectivity index (χ2v) is 6.16. The molecule has 1 aromatic rings. The van der Waals surface area contributed by atoms with Gasteiger partial charge in [-0.2, -0.15) is 0 Å². The summed E-state index contributed by atoms with van der Waals surface area (Å²) < 4.78 is 0. The van der Waals surface area contributed by atoms with Crippen LogP contribution in [0, 0.1) is 0 Å². The standard InChI is InChI=1S/C15H23NO3/c1-14(2,3)12-7-5-11(6-8-12)13(19)16-15(4,9-17)10-18/h5-8,17-18H,9-10H2,1-4H3,(H,16,19). The molecule has 0 atom stereocenters. The van der Waals surface area contributed by atoms with E-state index >= 15 is 0 Å². The van der Waals surface area contributed by atoms with Crippen molar-refractivity contribution in [3.05, 3.63) is 35.4 Å². The minimum absolute atomic E-state index is 0.0414. The van der Waals surface area contributed by atoms with Crippen molar-refractivity contribution in [3.63, 3.8) is 0 Å². The largest absolute Gasteiger partial charge is 0.394 e. The molecular weight excluding hydrogens is 242 g/mol. The zero-order valence-corrected chi connectivity index (χ0v) is 12.0. The van der Waals surface area contributed by atoms with Crippen molar-refractivity contribution in [2.24, 2.45) is 0 Å². The highest BCUT2D eigenvalue weighted by Gasteiger charge is 2.25. The first kappa shape index (κ1) is 15.7. The molecule has 0 fully saturated rings. The fourth-order valence-corrected chi connectivity index (χ4v) is 1.60. The van der Waals surface area contributed by atoms with E-state index in [2.05, 4.69) is 26.1 Å². The number of hydrogen-bond donors (Lipinski definition) is 3. The molecule has 1 amide bonds. The van der Waals surface area contributed by atoms with Crippen LogP contribution in [0.25, 0.3) is 0 Å². The van der Waals surface area contributed by atoms with Gasteiger partial charge in [0.15, 0.2) is 0 Å². The summed E-state index contributed by atoms with van der Waals surface area (Å²) in [6, 6.07) is 7.35. The van der Waals surface area contributed by atoms with Crippen LogP contribution >= 0.6 is 0 Å². The molecule has 0 aliphatic heterocycles.